The SMILES string of the molecule is Cc1nc(-c2ccccc2)cc(-c2ccccc2)c1C(=O)N1CCOCC1. The summed E-state index contributed by atoms with van der Waals surface area (Å²) in [5.74, 6) is 0.0294. The zero-order valence-corrected chi connectivity index (χ0v) is 15.4. The summed E-state index contributed by atoms with van der Waals surface area (Å²) in [4.78, 5) is 19.9. The number of aromatic nitrogens is 1. The van der Waals surface area contributed by atoms with Crippen molar-refractivity contribution in [1.29, 1.82) is 0 Å². The molecule has 1 fully saturated rings. The molecule has 0 aliphatic carbocycles. The van der Waals surface area contributed by atoms with E-state index in [1.54, 1.807) is 0 Å². The van der Waals surface area contributed by atoms with E-state index in [9.17, 15) is 4.79 Å². The predicted molar refractivity (Wildman–Crippen MR) is 107 cm³/mol. The Balaban J connectivity index is 1.86. The normalized spacial score (nSPS) is 14.2. The number of pyridine rings is 1. The first-order valence-electron chi connectivity index (χ1n) is 9.23. The van der Waals surface area contributed by atoms with Crippen molar-refractivity contribution < 1.29 is 9.53 Å². The van der Waals surface area contributed by atoms with Gasteiger partial charge in [0.15, 0.2) is 0 Å². The number of carbonyl (C=O) groups excluding carboxylic acids is 1. The summed E-state index contributed by atoms with van der Waals surface area (Å²) in [7, 11) is 0. The third-order valence-electron chi connectivity index (χ3n) is 4.87. The van der Waals surface area contributed by atoms with E-state index >= 15 is 0 Å². The van der Waals surface area contributed by atoms with Crippen LogP contribution in [-0.2, 0) is 4.74 Å². The number of amides is 1. The molecule has 1 aromatic heterocycles. The van der Waals surface area contributed by atoms with Crippen LogP contribution in [0.3, 0.4) is 0 Å². The van der Waals surface area contributed by atoms with Crippen LogP contribution in [0.4, 0.5) is 0 Å². The Hall–Kier alpha value is -2.98. The highest BCUT2D eigenvalue weighted by Gasteiger charge is 2.25. The summed E-state index contributed by atoms with van der Waals surface area (Å²) in [6.07, 6.45) is 0. The van der Waals surface area contributed by atoms with E-state index in [1.807, 2.05) is 78.6 Å². The van der Waals surface area contributed by atoms with Gasteiger partial charge < -0.3 is 9.64 Å². The highest BCUT2D eigenvalue weighted by molar-refractivity contribution is 6.02. The second-order valence-corrected chi connectivity index (χ2v) is 6.65. The topological polar surface area (TPSA) is 42.4 Å². The van der Waals surface area contributed by atoms with Crippen LogP contribution in [0.15, 0.2) is 66.7 Å². The Labute approximate surface area is 159 Å². The van der Waals surface area contributed by atoms with Crippen molar-refractivity contribution in [2.45, 2.75) is 6.92 Å². The van der Waals surface area contributed by atoms with Crippen LogP contribution < -0.4 is 0 Å². The summed E-state index contributed by atoms with van der Waals surface area (Å²) in [5.41, 5.74) is 5.32. The maximum Gasteiger partial charge on any atom is 0.256 e. The Kier molecular flexibility index (Phi) is 4.99. The molecule has 3 aromatic rings. The van der Waals surface area contributed by atoms with Crippen LogP contribution in [0, 0.1) is 6.92 Å². The molecule has 4 rings (SSSR count). The van der Waals surface area contributed by atoms with Crippen LogP contribution >= 0.6 is 0 Å². The molecule has 1 saturated heterocycles. The summed E-state index contributed by atoms with van der Waals surface area (Å²) >= 11 is 0. The van der Waals surface area contributed by atoms with Crippen LogP contribution in [0.1, 0.15) is 16.1 Å². The highest BCUT2D eigenvalue weighted by atomic mass is 16.5. The Bertz CT molecular complexity index is 933. The number of aryl methyl sites for hydroxylation is 1. The zero-order valence-electron chi connectivity index (χ0n) is 15.4. The molecule has 0 atom stereocenters. The number of nitrogens with zero attached hydrogens (tertiary/aromatic N) is 2. The fraction of sp³-hybridized carbons (Fsp3) is 0.217. The minimum atomic E-state index is 0.0294. The van der Waals surface area contributed by atoms with Gasteiger partial charge in [0.2, 0.25) is 0 Å². The lowest BCUT2D eigenvalue weighted by Crippen LogP contribution is -2.41. The average Bonchev–Trinajstić information content (AvgIpc) is 2.74. The smallest absolute Gasteiger partial charge is 0.256 e. The maximum atomic E-state index is 13.3. The van der Waals surface area contributed by atoms with E-state index in [-0.39, 0.29) is 5.91 Å². The molecule has 0 N–H and O–H groups in total. The van der Waals surface area contributed by atoms with Gasteiger partial charge in [-0.05, 0) is 24.1 Å². The number of rotatable bonds is 3. The lowest BCUT2D eigenvalue weighted by Gasteiger charge is -2.28. The number of carbonyl (C=O) groups is 1. The highest BCUT2D eigenvalue weighted by Crippen LogP contribution is 2.31. The molecular weight excluding hydrogens is 336 g/mol. The van der Waals surface area contributed by atoms with Crippen molar-refractivity contribution >= 4 is 5.91 Å². The summed E-state index contributed by atoms with van der Waals surface area (Å²) in [6.45, 7) is 4.33. The Morgan fingerprint density at radius 3 is 2.15 bits per heavy atom. The molecule has 0 saturated carbocycles. The van der Waals surface area contributed by atoms with Crippen molar-refractivity contribution in [3.8, 4) is 22.4 Å². The number of morpholine rings is 1. The van der Waals surface area contributed by atoms with Crippen molar-refractivity contribution in [3.05, 3.63) is 78.0 Å². The molecule has 1 amide bonds. The third kappa shape index (κ3) is 3.62. The lowest BCUT2D eigenvalue weighted by molar-refractivity contribution is 0.0302. The van der Waals surface area contributed by atoms with Gasteiger partial charge in [-0.25, -0.2) is 0 Å². The molecule has 1 aliphatic heterocycles. The zero-order chi connectivity index (χ0) is 18.6. The molecule has 2 aromatic carbocycles. The second-order valence-electron chi connectivity index (χ2n) is 6.65. The van der Waals surface area contributed by atoms with E-state index in [0.717, 1.165) is 28.1 Å². The van der Waals surface area contributed by atoms with Gasteiger partial charge in [-0.2, -0.15) is 0 Å². The fourth-order valence-electron chi connectivity index (χ4n) is 3.47. The Morgan fingerprint density at radius 1 is 0.926 bits per heavy atom. The molecule has 4 nitrogen and oxygen atoms in total. The number of ether oxygens (including phenoxy) is 1. The largest absolute Gasteiger partial charge is 0.378 e. The van der Waals surface area contributed by atoms with E-state index in [0.29, 0.717) is 31.9 Å². The van der Waals surface area contributed by atoms with E-state index in [2.05, 4.69) is 0 Å². The summed E-state index contributed by atoms with van der Waals surface area (Å²) < 4.78 is 5.40. The van der Waals surface area contributed by atoms with Gasteiger partial charge in [-0.1, -0.05) is 60.7 Å². The molecule has 27 heavy (non-hydrogen) atoms. The van der Waals surface area contributed by atoms with Crippen LogP contribution in [-0.4, -0.2) is 42.1 Å². The quantitative estimate of drug-likeness (QED) is 0.705. The van der Waals surface area contributed by atoms with Crippen molar-refractivity contribution in [1.82, 2.24) is 9.88 Å². The monoisotopic (exact) mass is 358 g/mol. The minimum Gasteiger partial charge on any atom is -0.378 e. The number of hydrogen-bond acceptors (Lipinski definition) is 3. The summed E-state index contributed by atoms with van der Waals surface area (Å²) in [5, 5.41) is 0. The molecule has 0 unspecified atom stereocenters. The van der Waals surface area contributed by atoms with Crippen LogP contribution in [0.5, 0.6) is 0 Å². The predicted octanol–water partition coefficient (Wildman–Crippen LogP) is 4.20. The van der Waals surface area contributed by atoms with Gasteiger partial charge in [-0.15, -0.1) is 0 Å². The standard InChI is InChI=1S/C23H22N2O2/c1-17-22(23(26)25-12-14-27-15-13-25)20(18-8-4-2-5-9-18)16-21(24-17)19-10-6-3-7-11-19/h2-11,16H,12-15H2,1H3. The molecule has 0 spiro atoms. The first-order valence-corrected chi connectivity index (χ1v) is 9.23. The van der Waals surface area contributed by atoms with Gasteiger partial charge in [0, 0.05) is 18.7 Å². The van der Waals surface area contributed by atoms with Crippen LogP contribution in [0.2, 0.25) is 0 Å². The lowest BCUT2D eigenvalue weighted by atomic mass is 9.95. The molecule has 136 valence electrons. The van der Waals surface area contributed by atoms with Gasteiger partial charge in [0.1, 0.15) is 0 Å². The third-order valence-corrected chi connectivity index (χ3v) is 4.87. The first-order chi connectivity index (χ1) is 13.2. The molecule has 2 heterocycles. The van der Waals surface area contributed by atoms with Crippen molar-refractivity contribution in [2.75, 3.05) is 26.3 Å². The Morgan fingerprint density at radius 2 is 1.52 bits per heavy atom. The van der Waals surface area contributed by atoms with E-state index < -0.39 is 0 Å². The van der Waals surface area contributed by atoms with Crippen molar-refractivity contribution in [3.63, 3.8) is 0 Å². The molecular formula is C23H22N2O2. The molecule has 0 bridgehead atoms. The molecule has 4 heteroatoms. The average molecular weight is 358 g/mol. The van der Waals surface area contributed by atoms with Crippen molar-refractivity contribution in [2.24, 2.45) is 0 Å². The van der Waals surface area contributed by atoms with Crippen LogP contribution in [0.25, 0.3) is 22.4 Å². The summed E-state index contributed by atoms with van der Waals surface area (Å²) in [6, 6.07) is 22.2. The fourth-order valence-corrected chi connectivity index (χ4v) is 3.47. The van der Waals surface area contributed by atoms with Gasteiger partial charge >= 0.3 is 0 Å². The first kappa shape index (κ1) is 17.4. The van der Waals surface area contributed by atoms with E-state index in [1.165, 1.54) is 0 Å². The maximum absolute atomic E-state index is 13.3. The second kappa shape index (κ2) is 7.72. The number of benzene rings is 2. The molecule has 1 aliphatic rings. The number of hydrogen-bond donors (Lipinski definition) is 0. The van der Waals surface area contributed by atoms with E-state index in [4.69, 9.17) is 9.72 Å². The van der Waals surface area contributed by atoms with Gasteiger partial charge in [0.25, 0.3) is 5.91 Å². The van der Waals surface area contributed by atoms with Gasteiger partial charge in [0.05, 0.1) is 30.2 Å². The molecule has 0 radical (unpaired) electrons. The minimum absolute atomic E-state index is 0.0294. The van der Waals surface area contributed by atoms with Gasteiger partial charge in [-0.3, -0.25) is 9.78 Å².